The van der Waals surface area contributed by atoms with Crippen molar-refractivity contribution in [1.29, 1.82) is 0 Å². The first-order valence-electron chi connectivity index (χ1n) is 9.33. The number of methoxy groups -OCH3 is 2. The minimum Gasteiger partial charge on any atom is -0.493 e. The Kier molecular flexibility index (Phi) is 5.70. The molecule has 0 unspecified atom stereocenters. The van der Waals surface area contributed by atoms with Crippen LogP contribution in [-0.4, -0.2) is 57.3 Å². The van der Waals surface area contributed by atoms with Crippen LogP contribution in [0.25, 0.3) is 11.4 Å². The number of ether oxygens (including phenoxy) is 4. The summed E-state index contributed by atoms with van der Waals surface area (Å²) in [5, 5.41) is 3.94. The van der Waals surface area contributed by atoms with Crippen LogP contribution in [-0.2, 0) is 16.6 Å². The highest BCUT2D eigenvalue weighted by Gasteiger charge is 2.25. The molecule has 10 nitrogen and oxygen atoms in total. The molecule has 1 aliphatic rings. The number of sulfonamides is 1. The zero-order valence-corrected chi connectivity index (χ0v) is 18.0. The van der Waals surface area contributed by atoms with Gasteiger partial charge >= 0.3 is 0 Å². The molecule has 0 amide bonds. The van der Waals surface area contributed by atoms with Gasteiger partial charge in [-0.1, -0.05) is 5.16 Å². The summed E-state index contributed by atoms with van der Waals surface area (Å²) < 4.78 is 53.7. The van der Waals surface area contributed by atoms with Gasteiger partial charge in [0.05, 0.1) is 25.7 Å². The van der Waals surface area contributed by atoms with E-state index in [2.05, 4.69) is 10.1 Å². The fourth-order valence-corrected chi connectivity index (χ4v) is 4.19. The van der Waals surface area contributed by atoms with E-state index >= 15 is 0 Å². The van der Waals surface area contributed by atoms with Crippen LogP contribution in [0.1, 0.15) is 5.89 Å². The molecule has 2 heterocycles. The van der Waals surface area contributed by atoms with Crippen molar-refractivity contribution in [3.63, 3.8) is 0 Å². The summed E-state index contributed by atoms with van der Waals surface area (Å²) >= 11 is 0. The van der Waals surface area contributed by atoms with E-state index < -0.39 is 10.0 Å². The summed E-state index contributed by atoms with van der Waals surface area (Å²) in [7, 11) is 0.697. The largest absolute Gasteiger partial charge is 0.493 e. The molecular weight excluding hydrogens is 426 g/mol. The first-order valence-corrected chi connectivity index (χ1v) is 10.8. The normalized spacial score (nSPS) is 13.3. The maximum atomic E-state index is 13.0. The summed E-state index contributed by atoms with van der Waals surface area (Å²) in [6.45, 7) is 0.697. The molecule has 1 aliphatic heterocycles. The standard InChI is InChI=1S/C20H21N3O7S/c1-23(31(24,25)14-5-7-16-18(11-14)29-9-8-28-16)12-19-21-20(22-30-19)13-4-6-15(26-2)17(10-13)27-3/h4-7,10-11H,8-9,12H2,1-3H3. The van der Waals surface area contributed by atoms with Gasteiger partial charge in [0.1, 0.15) is 13.2 Å². The molecule has 0 atom stereocenters. The lowest BCUT2D eigenvalue weighted by Gasteiger charge is -2.20. The van der Waals surface area contributed by atoms with E-state index in [-0.39, 0.29) is 17.3 Å². The van der Waals surface area contributed by atoms with E-state index in [1.807, 2.05) is 0 Å². The van der Waals surface area contributed by atoms with E-state index in [0.29, 0.717) is 47.6 Å². The Hall–Kier alpha value is -3.31. The van der Waals surface area contributed by atoms with Gasteiger partial charge in [0.15, 0.2) is 23.0 Å². The molecule has 0 aliphatic carbocycles. The van der Waals surface area contributed by atoms with E-state index in [9.17, 15) is 8.42 Å². The second-order valence-corrected chi connectivity index (χ2v) is 8.69. The lowest BCUT2D eigenvalue weighted by atomic mass is 10.2. The first-order chi connectivity index (χ1) is 14.9. The second-order valence-electron chi connectivity index (χ2n) is 6.65. The number of hydrogen-bond acceptors (Lipinski definition) is 9. The van der Waals surface area contributed by atoms with Crippen LogP contribution < -0.4 is 18.9 Å². The molecule has 0 fully saturated rings. The van der Waals surface area contributed by atoms with Crippen LogP contribution in [0.3, 0.4) is 0 Å². The summed E-state index contributed by atoms with van der Waals surface area (Å²) in [4.78, 5) is 4.39. The number of nitrogens with zero attached hydrogens (tertiary/aromatic N) is 3. The van der Waals surface area contributed by atoms with Gasteiger partial charge in [-0.15, -0.1) is 0 Å². The number of fused-ring (bicyclic) bond motifs is 1. The molecule has 164 valence electrons. The van der Waals surface area contributed by atoms with Crippen molar-refractivity contribution in [2.75, 3.05) is 34.5 Å². The molecule has 0 spiro atoms. The molecule has 2 aromatic carbocycles. The third kappa shape index (κ3) is 4.14. The lowest BCUT2D eigenvalue weighted by Crippen LogP contribution is -2.27. The van der Waals surface area contributed by atoms with Crippen LogP contribution >= 0.6 is 0 Å². The van der Waals surface area contributed by atoms with Crippen LogP contribution in [0.2, 0.25) is 0 Å². The Labute approximate surface area is 179 Å². The minimum absolute atomic E-state index is 0.0823. The Morgan fingerprint density at radius 1 is 1.00 bits per heavy atom. The average molecular weight is 447 g/mol. The molecule has 4 rings (SSSR count). The maximum absolute atomic E-state index is 13.0. The quantitative estimate of drug-likeness (QED) is 0.538. The molecule has 1 aromatic heterocycles. The van der Waals surface area contributed by atoms with E-state index in [0.717, 1.165) is 4.31 Å². The molecule has 0 radical (unpaired) electrons. The van der Waals surface area contributed by atoms with Crippen molar-refractivity contribution in [2.24, 2.45) is 0 Å². The van der Waals surface area contributed by atoms with Crippen molar-refractivity contribution in [2.45, 2.75) is 11.4 Å². The molecular formula is C20H21N3O7S. The van der Waals surface area contributed by atoms with E-state index in [1.54, 1.807) is 31.4 Å². The Morgan fingerprint density at radius 3 is 2.48 bits per heavy atom. The summed E-state index contributed by atoms with van der Waals surface area (Å²) in [5.41, 5.74) is 0.644. The van der Waals surface area contributed by atoms with Gasteiger partial charge in [0, 0.05) is 18.7 Å². The van der Waals surface area contributed by atoms with Gasteiger partial charge in [-0.25, -0.2) is 8.42 Å². The molecule has 0 saturated heterocycles. The van der Waals surface area contributed by atoms with Crippen molar-refractivity contribution in [1.82, 2.24) is 14.4 Å². The number of aromatic nitrogens is 2. The topological polar surface area (TPSA) is 113 Å². The third-order valence-corrected chi connectivity index (χ3v) is 6.49. The average Bonchev–Trinajstić information content (AvgIpc) is 3.26. The van der Waals surface area contributed by atoms with Crippen molar-refractivity contribution < 1.29 is 31.9 Å². The fourth-order valence-electron chi connectivity index (χ4n) is 3.05. The van der Waals surface area contributed by atoms with E-state index in [1.165, 1.54) is 26.3 Å². The molecule has 0 saturated carbocycles. The van der Waals surface area contributed by atoms with Gasteiger partial charge < -0.3 is 23.5 Å². The van der Waals surface area contributed by atoms with Gasteiger partial charge in [-0.3, -0.25) is 0 Å². The molecule has 0 bridgehead atoms. The highest BCUT2D eigenvalue weighted by molar-refractivity contribution is 7.89. The predicted molar refractivity (Wildman–Crippen MR) is 109 cm³/mol. The van der Waals surface area contributed by atoms with Crippen LogP contribution in [0.4, 0.5) is 0 Å². The predicted octanol–water partition coefficient (Wildman–Crippen LogP) is 2.35. The Bertz CT molecular complexity index is 1190. The Balaban J connectivity index is 1.53. The van der Waals surface area contributed by atoms with Crippen LogP contribution in [0, 0.1) is 0 Å². The maximum Gasteiger partial charge on any atom is 0.243 e. The zero-order chi connectivity index (χ0) is 22.0. The van der Waals surface area contributed by atoms with Gasteiger partial charge in [0.25, 0.3) is 0 Å². The Morgan fingerprint density at radius 2 is 1.74 bits per heavy atom. The number of hydrogen-bond donors (Lipinski definition) is 0. The van der Waals surface area contributed by atoms with Gasteiger partial charge in [-0.2, -0.15) is 9.29 Å². The second kappa shape index (κ2) is 8.44. The monoisotopic (exact) mass is 447 g/mol. The molecule has 3 aromatic rings. The minimum atomic E-state index is -3.81. The molecule has 11 heteroatoms. The molecule has 0 N–H and O–H groups in total. The third-order valence-electron chi connectivity index (χ3n) is 4.69. The summed E-state index contributed by atoms with van der Waals surface area (Å²) in [6.07, 6.45) is 0. The van der Waals surface area contributed by atoms with Gasteiger partial charge in [-0.05, 0) is 30.3 Å². The SMILES string of the molecule is COc1ccc(-c2noc(CN(C)S(=O)(=O)c3ccc4c(c3)OCCO4)n2)cc1OC. The summed E-state index contributed by atoms with van der Waals surface area (Å²) in [5.74, 6) is 2.46. The number of rotatable bonds is 7. The van der Waals surface area contributed by atoms with Crippen LogP contribution in [0.15, 0.2) is 45.8 Å². The van der Waals surface area contributed by atoms with Gasteiger partial charge in [0.2, 0.25) is 21.7 Å². The van der Waals surface area contributed by atoms with E-state index in [4.69, 9.17) is 23.5 Å². The smallest absolute Gasteiger partial charge is 0.243 e. The number of benzene rings is 2. The summed E-state index contributed by atoms with van der Waals surface area (Å²) in [6, 6.07) is 9.69. The zero-order valence-electron chi connectivity index (χ0n) is 17.2. The van der Waals surface area contributed by atoms with Crippen LogP contribution in [0.5, 0.6) is 23.0 Å². The highest BCUT2D eigenvalue weighted by atomic mass is 32.2. The first kappa shape index (κ1) is 20.9. The van der Waals surface area contributed by atoms with Crippen molar-refractivity contribution in [3.8, 4) is 34.4 Å². The van der Waals surface area contributed by atoms with Crippen molar-refractivity contribution in [3.05, 3.63) is 42.3 Å². The van der Waals surface area contributed by atoms with Crippen molar-refractivity contribution >= 4 is 10.0 Å². The lowest BCUT2D eigenvalue weighted by molar-refractivity contribution is 0.171. The fraction of sp³-hybridized carbons (Fsp3) is 0.300. The highest BCUT2D eigenvalue weighted by Crippen LogP contribution is 2.34. The molecule has 31 heavy (non-hydrogen) atoms.